The number of fused-ring (bicyclic) bond motifs is 5. The van der Waals surface area contributed by atoms with Crippen LogP contribution in [0.3, 0.4) is 0 Å². The molecule has 0 aliphatic heterocycles. The van der Waals surface area contributed by atoms with Crippen LogP contribution in [0.15, 0.2) is 84.1 Å². The molecule has 2 unspecified atom stereocenters. The van der Waals surface area contributed by atoms with Crippen LogP contribution in [0, 0.1) is 0 Å². The normalized spacial score (nSPS) is 20.8. The van der Waals surface area contributed by atoms with Gasteiger partial charge in [0.2, 0.25) is 0 Å². The second-order valence-corrected chi connectivity index (χ2v) is 37.7. The van der Waals surface area contributed by atoms with Gasteiger partial charge in [0.25, 0.3) is 0 Å². The third kappa shape index (κ3) is 4.73. The summed E-state index contributed by atoms with van der Waals surface area (Å²) in [7, 11) is -3.06. The van der Waals surface area contributed by atoms with Gasteiger partial charge in [0.05, 0.1) is 0 Å². The van der Waals surface area contributed by atoms with Crippen molar-refractivity contribution in [1.29, 1.82) is 0 Å². The maximum absolute atomic E-state index is 3.18. The Morgan fingerprint density at radius 1 is 0.744 bits per heavy atom. The summed E-state index contributed by atoms with van der Waals surface area (Å²) in [5.74, 6) is 0. The van der Waals surface area contributed by atoms with Crippen LogP contribution in [-0.2, 0) is 20.3 Å². The van der Waals surface area contributed by atoms with Crippen LogP contribution < -0.4 is 0 Å². The fourth-order valence-electron chi connectivity index (χ4n) is 8.17. The molecular weight excluding hydrogens is 580 g/mol. The van der Waals surface area contributed by atoms with E-state index in [1.807, 2.05) is 0 Å². The number of unbranched alkanes of at least 4 members (excludes halogenated alkanes) is 2. The number of hydrogen-bond acceptors (Lipinski definition) is 0. The first-order chi connectivity index (χ1) is 18.5. The molecule has 2 atom stereocenters. The first-order valence-electron chi connectivity index (χ1n) is 15.5. The molecule has 0 N–H and O–H groups in total. The minimum atomic E-state index is -3.18. The molecule has 0 aromatic heterocycles. The van der Waals surface area contributed by atoms with Crippen molar-refractivity contribution in [2.75, 3.05) is 0 Å². The van der Waals surface area contributed by atoms with E-state index in [-0.39, 0.29) is 0 Å². The Kier molecular flexibility index (Phi) is 8.13. The van der Waals surface area contributed by atoms with Crippen LogP contribution >= 0.6 is 0 Å². The third-order valence-corrected chi connectivity index (χ3v) is 38.7. The standard InChI is InChI=1S/C17H11.C11H21Si2.2C4H9.Zr/c1-3-7-15-12(5-1)9-10-14-11-13-6-2-4-8-16(13)17(14)15;1-12(2,3)10-7-8-11(9-10)13(4,5)6;2*1-3-4-2;/h1-11H;7-9H,1-6H3;2*1,3-4H2,2H3;. The molecule has 0 fully saturated rings. The Bertz CT molecular complexity index is 1410. The molecule has 0 amide bonds. The quantitative estimate of drug-likeness (QED) is 0.196. The summed E-state index contributed by atoms with van der Waals surface area (Å²) in [4.78, 5) is 0. The topological polar surface area (TPSA) is 0 Å². The first-order valence-corrected chi connectivity index (χ1v) is 28.7. The minimum absolute atomic E-state index is 0.340. The van der Waals surface area contributed by atoms with Crippen LogP contribution in [0.4, 0.5) is 0 Å². The van der Waals surface area contributed by atoms with Crippen molar-refractivity contribution in [2.45, 2.75) is 93.4 Å². The van der Waals surface area contributed by atoms with Gasteiger partial charge in [-0.25, -0.2) is 0 Å². The van der Waals surface area contributed by atoms with Crippen molar-refractivity contribution in [2.24, 2.45) is 0 Å². The fourth-order valence-corrected chi connectivity index (χ4v) is 42.3. The Morgan fingerprint density at radius 3 is 2.00 bits per heavy atom. The van der Waals surface area contributed by atoms with E-state index < -0.39 is 36.4 Å². The number of benzene rings is 3. The molecule has 206 valence electrons. The summed E-state index contributed by atoms with van der Waals surface area (Å²) in [6, 6.07) is 23.8. The second kappa shape index (κ2) is 10.8. The molecule has 0 radical (unpaired) electrons. The summed E-state index contributed by atoms with van der Waals surface area (Å²) >= 11 is -3.18. The summed E-state index contributed by atoms with van der Waals surface area (Å²) in [6.45, 7) is 20.7. The predicted octanol–water partition coefficient (Wildman–Crippen LogP) is 11.9. The zero-order valence-electron chi connectivity index (χ0n) is 25.8. The van der Waals surface area contributed by atoms with Crippen molar-refractivity contribution < 1.29 is 20.3 Å². The summed E-state index contributed by atoms with van der Waals surface area (Å²) in [5.41, 5.74) is 6.45. The molecule has 0 saturated heterocycles. The van der Waals surface area contributed by atoms with Gasteiger partial charge < -0.3 is 0 Å². The van der Waals surface area contributed by atoms with Gasteiger partial charge in [0.1, 0.15) is 0 Å². The molecule has 2 aliphatic rings. The van der Waals surface area contributed by atoms with Gasteiger partial charge in [0, 0.05) is 0 Å². The summed E-state index contributed by atoms with van der Waals surface area (Å²) < 4.78 is 3.97. The zero-order chi connectivity index (χ0) is 28.1. The molecule has 0 saturated carbocycles. The van der Waals surface area contributed by atoms with Crippen LogP contribution in [0.5, 0.6) is 0 Å². The molecule has 3 aromatic carbocycles. The van der Waals surface area contributed by atoms with E-state index in [0.29, 0.717) is 6.37 Å². The van der Waals surface area contributed by atoms with E-state index in [4.69, 9.17) is 0 Å². The van der Waals surface area contributed by atoms with Gasteiger partial charge in [-0.1, -0.05) is 0 Å². The van der Waals surface area contributed by atoms with Gasteiger partial charge in [0.15, 0.2) is 0 Å². The number of allylic oxidation sites excluding steroid dienone is 4. The second-order valence-electron chi connectivity index (χ2n) is 14.4. The van der Waals surface area contributed by atoms with Crippen LogP contribution in [0.25, 0.3) is 21.9 Å². The number of hydrogen-bond donors (Lipinski definition) is 0. The van der Waals surface area contributed by atoms with E-state index in [2.05, 4.69) is 132 Å². The molecular formula is C36H50Si2Zr. The van der Waals surface area contributed by atoms with Crippen molar-refractivity contribution in [1.82, 2.24) is 0 Å². The molecule has 5 rings (SSSR count). The van der Waals surface area contributed by atoms with Crippen LogP contribution in [-0.4, -0.2) is 16.1 Å². The first kappa shape index (κ1) is 29.2. The van der Waals surface area contributed by atoms with Gasteiger partial charge in [-0.15, -0.1) is 0 Å². The Labute approximate surface area is 245 Å². The third-order valence-electron chi connectivity index (χ3n) is 10.2. The Balaban J connectivity index is 1.89. The monoisotopic (exact) mass is 628 g/mol. The van der Waals surface area contributed by atoms with Crippen molar-refractivity contribution in [3.63, 3.8) is 0 Å². The van der Waals surface area contributed by atoms with Crippen molar-refractivity contribution >= 4 is 26.9 Å². The molecule has 39 heavy (non-hydrogen) atoms. The molecule has 3 aromatic rings. The molecule has 3 heteroatoms. The van der Waals surface area contributed by atoms with Crippen LogP contribution in [0.2, 0.25) is 50.3 Å². The molecule has 0 heterocycles. The van der Waals surface area contributed by atoms with Gasteiger partial charge in [-0.2, -0.15) is 0 Å². The average molecular weight is 630 g/mol. The van der Waals surface area contributed by atoms with E-state index in [9.17, 15) is 0 Å². The molecule has 0 spiro atoms. The van der Waals surface area contributed by atoms with Crippen LogP contribution in [0.1, 0.15) is 54.3 Å². The zero-order valence-corrected chi connectivity index (χ0v) is 30.3. The molecule has 0 nitrogen and oxygen atoms in total. The van der Waals surface area contributed by atoms with Gasteiger partial charge in [-0.3, -0.25) is 0 Å². The predicted molar refractivity (Wildman–Crippen MR) is 177 cm³/mol. The number of rotatable bonds is 10. The molecule has 0 bridgehead atoms. The fraction of sp³-hybridized carbons (Fsp3) is 0.444. The summed E-state index contributed by atoms with van der Waals surface area (Å²) in [6.07, 6.45) is 13.9. The van der Waals surface area contributed by atoms with Crippen molar-refractivity contribution in [3.05, 3.63) is 95.2 Å². The van der Waals surface area contributed by atoms with E-state index in [1.165, 1.54) is 50.3 Å². The Morgan fingerprint density at radius 2 is 1.38 bits per heavy atom. The van der Waals surface area contributed by atoms with Gasteiger partial charge in [-0.05, 0) is 0 Å². The average Bonchev–Trinajstić information content (AvgIpc) is 3.51. The van der Waals surface area contributed by atoms with E-state index >= 15 is 0 Å². The van der Waals surface area contributed by atoms with Crippen molar-refractivity contribution in [3.8, 4) is 11.1 Å². The SMILES string of the molecule is CCC[CH2][Zr]([CH2]CCC)([CH]1c2ccccc2-c2c1ccc1ccccc21)[C]1([Si](C)(C)C)C=CC([Si](C)(C)C)=C1. The van der Waals surface area contributed by atoms with E-state index in [1.54, 1.807) is 21.9 Å². The summed E-state index contributed by atoms with van der Waals surface area (Å²) in [5, 5.41) is 4.57. The van der Waals surface area contributed by atoms with Gasteiger partial charge >= 0.3 is 247 Å². The molecule has 2 aliphatic carbocycles. The maximum atomic E-state index is 2.97. The Hall–Kier alpha value is -1.28. The van der Waals surface area contributed by atoms with E-state index in [0.717, 1.165) is 0 Å².